The van der Waals surface area contributed by atoms with Gasteiger partial charge in [-0.1, -0.05) is 23.7 Å². The third-order valence-corrected chi connectivity index (χ3v) is 6.26. The molecule has 164 valence electrons. The van der Waals surface area contributed by atoms with E-state index in [0.29, 0.717) is 11.0 Å². The van der Waals surface area contributed by atoms with E-state index in [2.05, 4.69) is 25.0 Å². The first-order valence-electron chi connectivity index (χ1n) is 10.2. The highest BCUT2D eigenvalue weighted by molar-refractivity contribution is 6.30. The zero-order valence-corrected chi connectivity index (χ0v) is 17.7. The summed E-state index contributed by atoms with van der Waals surface area (Å²) >= 11 is 6.00. The van der Waals surface area contributed by atoms with Crippen LogP contribution in [0.3, 0.4) is 0 Å². The number of rotatable bonds is 5. The molecule has 2 fully saturated rings. The molecule has 3 heterocycles. The van der Waals surface area contributed by atoms with Crippen LogP contribution in [0.2, 0.25) is 5.02 Å². The van der Waals surface area contributed by atoms with Crippen molar-refractivity contribution in [2.24, 2.45) is 0 Å². The number of aromatic amines is 1. The van der Waals surface area contributed by atoms with Crippen LogP contribution in [0.4, 0.5) is 20.7 Å². The van der Waals surface area contributed by atoms with E-state index in [1.54, 1.807) is 0 Å². The number of benzene rings is 1. The molecule has 10 heteroatoms. The normalized spacial score (nSPS) is 24.3. The van der Waals surface area contributed by atoms with Crippen LogP contribution in [-0.2, 0) is 11.2 Å². The minimum absolute atomic E-state index is 0.0437. The van der Waals surface area contributed by atoms with Crippen LogP contribution in [0.1, 0.15) is 25.3 Å². The van der Waals surface area contributed by atoms with Crippen LogP contribution in [-0.4, -0.2) is 70.4 Å². The summed E-state index contributed by atoms with van der Waals surface area (Å²) in [6.45, 7) is 2.97. The predicted molar refractivity (Wildman–Crippen MR) is 112 cm³/mol. The number of ether oxygens (including phenoxy) is 1. The Kier molecular flexibility index (Phi) is 6.13. The molecule has 7 nitrogen and oxygen atoms in total. The van der Waals surface area contributed by atoms with Gasteiger partial charge in [-0.3, -0.25) is 9.88 Å². The molecule has 0 aliphatic carbocycles. The number of aromatic nitrogens is 3. The zero-order chi connectivity index (χ0) is 21.3. The van der Waals surface area contributed by atoms with Crippen LogP contribution in [0.15, 0.2) is 24.3 Å². The van der Waals surface area contributed by atoms with Crippen molar-refractivity contribution in [2.75, 3.05) is 36.9 Å². The van der Waals surface area contributed by atoms with Gasteiger partial charge in [0.15, 0.2) is 0 Å². The second-order valence-corrected chi connectivity index (χ2v) is 8.65. The first kappa shape index (κ1) is 21.3. The summed E-state index contributed by atoms with van der Waals surface area (Å²) in [6.07, 6.45) is 1.34. The van der Waals surface area contributed by atoms with Crippen molar-refractivity contribution in [3.8, 4) is 0 Å². The molecule has 0 spiro atoms. The molecule has 30 heavy (non-hydrogen) atoms. The van der Waals surface area contributed by atoms with Crippen molar-refractivity contribution < 1.29 is 13.5 Å². The minimum Gasteiger partial charge on any atom is -0.369 e. The SMILES string of the molecule is CC(F)(F)C1CN(C2CCN(c3nnc(N)[nH]3)CC2)C(Cc2ccc(Cl)cc2)CO1. The van der Waals surface area contributed by atoms with E-state index in [-0.39, 0.29) is 31.2 Å². The Morgan fingerprint density at radius 2 is 1.93 bits per heavy atom. The van der Waals surface area contributed by atoms with Gasteiger partial charge in [0, 0.05) is 43.7 Å². The van der Waals surface area contributed by atoms with Crippen LogP contribution in [0, 0.1) is 0 Å². The molecule has 2 aromatic rings. The number of nitrogen functional groups attached to an aromatic ring is 1. The molecule has 3 N–H and O–H groups in total. The summed E-state index contributed by atoms with van der Waals surface area (Å²) in [6, 6.07) is 7.93. The van der Waals surface area contributed by atoms with Crippen molar-refractivity contribution in [1.82, 2.24) is 20.1 Å². The van der Waals surface area contributed by atoms with E-state index >= 15 is 0 Å². The van der Waals surface area contributed by atoms with Gasteiger partial charge < -0.3 is 15.4 Å². The minimum atomic E-state index is -2.87. The predicted octanol–water partition coefficient (Wildman–Crippen LogP) is 2.98. The number of alkyl halides is 2. The average molecular weight is 441 g/mol. The van der Waals surface area contributed by atoms with Crippen LogP contribution in [0.25, 0.3) is 0 Å². The van der Waals surface area contributed by atoms with E-state index < -0.39 is 12.0 Å². The van der Waals surface area contributed by atoms with E-state index in [0.717, 1.165) is 44.8 Å². The van der Waals surface area contributed by atoms with Gasteiger partial charge in [-0.05, 0) is 37.0 Å². The number of nitrogens with zero attached hydrogens (tertiary/aromatic N) is 4. The maximum absolute atomic E-state index is 14.0. The molecule has 2 aliphatic rings. The first-order valence-corrected chi connectivity index (χ1v) is 10.6. The second kappa shape index (κ2) is 8.64. The number of anilines is 2. The molecule has 2 aliphatic heterocycles. The molecule has 2 unspecified atom stereocenters. The number of hydrogen-bond acceptors (Lipinski definition) is 6. The lowest BCUT2D eigenvalue weighted by Gasteiger charge is -2.47. The van der Waals surface area contributed by atoms with Gasteiger partial charge in [0.2, 0.25) is 11.9 Å². The second-order valence-electron chi connectivity index (χ2n) is 8.21. The molecule has 2 atom stereocenters. The highest BCUT2D eigenvalue weighted by atomic mass is 35.5. The molecule has 2 saturated heterocycles. The van der Waals surface area contributed by atoms with E-state index in [9.17, 15) is 8.78 Å². The van der Waals surface area contributed by atoms with Gasteiger partial charge in [-0.15, -0.1) is 10.2 Å². The van der Waals surface area contributed by atoms with Crippen molar-refractivity contribution in [1.29, 1.82) is 0 Å². The molecule has 0 saturated carbocycles. The quantitative estimate of drug-likeness (QED) is 0.743. The third-order valence-electron chi connectivity index (χ3n) is 6.01. The van der Waals surface area contributed by atoms with Gasteiger partial charge in [0.25, 0.3) is 5.92 Å². The van der Waals surface area contributed by atoms with Gasteiger partial charge in [0.05, 0.1) is 6.61 Å². The van der Waals surface area contributed by atoms with Gasteiger partial charge in [0.1, 0.15) is 6.10 Å². The summed E-state index contributed by atoms with van der Waals surface area (Å²) in [4.78, 5) is 7.28. The highest BCUT2D eigenvalue weighted by Crippen LogP contribution is 2.31. The maximum atomic E-state index is 14.0. The van der Waals surface area contributed by atoms with E-state index in [1.165, 1.54) is 0 Å². The fraction of sp³-hybridized carbons (Fsp3) is 0.600. The lowest BCUT2D eigenvalue weighted by atomic mass is 9.95. The Morgan fingerprint density at radius 1 is 1.23 bits per heavy atom. The van der Waals surface area contributed by atoms with Gasteiger partial charge >= 0.3 is 0 Å². The van der Waals surface area contributed by atoms with E-state index in [4.69, 9.17) is 22.1 Å². The van der Waals surface area contributed by atoms with Crippen LogP contribution >= 0.6 is 11.6 Å². The number of piperidine rings is 1. The Hall–Kier alpha value is -1.97. The summed E-state index contributed by atoms with van der Waals surface area (Å²) in [7, 11) is 0. The monoisotopic (exact) mass is 440 g/mol. The van der Waals surface area contributed by atoms with Crippen LogP contribution < -0.4 is 10.6 Å². The zero-order valence-electron chi connectivity index (χ0n) is 16.9. The topological polar surface area (TPSA) is 83.3 Å². The smallest absolute Gasteiger partial charge is 0.272 e. The molecule has 0 bridgehead atoms. The number of morpholine rings is 1. The first-order chi connectivity index (χ1) is 14.3. The van der Waals surface area contributed by atoms with Crippen molar-refractivity contribution >= 4 is 23.5 Å². The number of hydrogen-bond donors (Lipinski definition) is 2. The molecular weight excluding hydrogens is 414 g/mol. The fourth-order valence-corrected chi connectivity index (χ4v) is 4.48. The molecule has 1 aromatic carbocycles. The Balaban J connectivity index is 1.46. The van der Waals surface area contributed by atoms with Crippen molar-refractivity contribution in [3.63, 3.8) is 0 Å². The van der Waals surface area contributed by atoms with Gasteiger partial charge in [-0.25, -0.2) is 8.78 Å². The van der Waals surface area contributed by atoms with Crippen LogP contribution in [0.5, 0.6) is 0 Å². The summed E-state index contributed by atoms with van der Waals surface area (Å²) in [5, 5.41) is 8.55. The summed E-state index contributed by atoms with van der Waals surface area (Å²) in [5.41, 5.74) is 6.75. The largest absolute Gasteiger partial charge is 0.369 e. The Labute approximate surface area is 179 Å². The lowest BCUT2D eigenvalue weighted by molar-refractivity contribution is -0.178. The van der Waals surface area contributed by atoms with Gasteiger partial charge in [-0.2, -0.15) is 0 Å². The number of nitrogens with two attached hydrogens (primary N) is 1. The third kappa shape index (κ3) is 4.84. The van der Waals surface area contributed by atoms with Crippen molar-refractivity contribution in [2.45, 2.75) is 50.3 Å². The molecule has 0 amide bonds. The molecule has 4 rings (SSSR count). The Bertz CT molecular complexity index is 835. The summed E-state index contributed by atoms with van der Waals surface area (Å²) in [5.74, 6) is -1.93. The number of nitrogens with one attached hydrogen (secondary N) is 1. The molecule has 1 aromatic heterocycles. The fourth-order valence-electron chi connectivity index (χ4n) is 4.36. The Morgan fingerprint density at radius 3 is 2.53 bits per heavy atom. The lowest BCUT2D eigenvalue weighted by Crippen LogP contribution is -2.60. The maximum Gasteiger partial charge on any atom is 0.272 e. The van der Waals surface area contributed by atoms with Crippen molar-refractivity contribution in [3.05, 3.63) is 34.9 Å². The molecular formula is C20H27ClF2N6O. The number of H-pyrrole nitrogens is 1. The summed E-state index contributed by atoms with van der Waals surface area (Å²) < 4.78 is 33.7. The highest BCUT2D eigenvalue weighted by Gasteiger charge is 2.43. The number of halogens is 3. The average Bonchev–Trinajstić information content (AvgIpc) is 3.16. The van der Waals surface area contributed by atoms with E-state index in [1.807, 2.05) is 24.3 Å². The standard InChI is InChI=1S/C20H27ClF2N6O/c1-20(22,23)17-11-29(16(12-30-17)10-13-2-4-14(21)5-3-13)15-6-8-28(9-7-15)19-25-18(24)26-27-19/h2-5,15-17H,6-12H2,1H3,(H3,24,25,26,27). The molecule has 0 radical (unpaired) electrons.